The summed E-state index contributed by atoms with van der Waals surface area (Å²) in [6.07, 6.45) is 1.09. The van der Waals surface area contributed by atoms with Gasteiger partial charge in [0.25, 0.3) is 0 Å². The lowest BCUT2D eigenvalue weighted by Crippen LogP contribution is -2.28. The molecule has 0 saturated heterocycles. The highest BCUT2D eigenvalue weighted by molar-refractivity contribution is 6.10. The molecule has 1 aliphatic rings. The molecule has 0 atom stereocenters. The summed E-state index contributed by atoms with van der Waals surface area (Å²) in [5.74, 6) is 2.53. The van der Waals surface area contributed by atoms with Crippen LogP contribution in [0, 0.1) is 5.92 Å². The van der Waals surface area contributed by atoms with Gasteiger partial charge in [-0.05, 0) is 138 Å². The van der Waals surface area contributed by atoms with Gasteiger partial charge < -0.3 is 4.57 Å². The Kier molecular flexibility index (Phi) is 11.3. The van der Waals surface area contributed by atoms with Crippen LogP contribution in [0.2, 0.25) is 0 Å². The minimum absolute atomic E-state index is 0.590. The number of nitrogens with zero attached hydrogens (tertiary/aromatic N) is 4. The van der Waals surface area contributed by atoms with Crippen LogP contribution in [0.25, 0.3) is 117 Å². The van der Waals surface area contributed by atoms with Gasteiger partial charge in [-0.3, -0.25) is 0 Å². The van der Waals surface area contributed by atoms with Crippen molar-refractivity contribution >= 4 is 43.4 Å². The zero-order valence-corrected chi connectivity index (χ0v) is 44.6. The van der Waals surface area contributed by atoms with Gasteiger partial charge in [0.2, 0.25) is 0 Å². The van der Waals surface area contributed by atoms with E-state index in [2.05, 4.69) is 291 Å². The average molecular weight is 1020 g/mol. The zero-order valence-electron chi connectivity index (χ0n) is 44.6. The topological polar surface area (TPSA) is 43.6 Å². The fourth-order valence-electron chi connectivity index (χ4n) is 12.8. The molecule has 1 aliphatic carbocycles. The summed E-state index contributed by atoms with van der Waals surface area (Å²) in [5.41, 5.74) is 19.3. The Hall–Kier alpha value is -10.0. The fourth-order valence-corrected chi connectivity index (χ4v) is 12.8. The molecule has 0 saturated carbocycles. The van der Waals surface area contributed by atoms with Crippen LogP contribution < -0.4 is 0 Å². The molecule has 378 valence electrons. The second-order valence-corrected chi connectivity index (χ2v) is 21.9. The highest BCUT2D eigenvalue weighted by Gasteiger charge is 2.46. The van der Waals surface area contributed by atoms with E-state index in [1.54, 1.807) is 0 Å². The Bertz CT molecular complexity index is 4540. The first-order valence-electron chi connectivity index (χ1n) is 27.8. The second kappa shape index (κ2) is 19.2. The monoisotopic (exact) mass is 1020 g/mol. The summed E-state index contributed by atoms with van der Waals surface area (Å²) in [4.78, 5) is 15.6. The number of rotatable bonds is 10. The minimum atomic E-state index is -0.590. The molecule has 0 amide bonds. The molecule has 0 fully saturated rings. The molecular formula is C76H54N4. The molecule has 0 spiro atoms. The van der Waals surface area contributed by atoms with Crippen molar-refractivity contribution in [1.82, 2.24) is 19.5 Å². The van der Waals surface area contributed by atoms with Crippen molar-refractivity contribution in [1.29, 1.82) is 0 Å². The molecular weight excluding hydrogens is 969 g/mol. The first kappa shape index (κ1) is 47.2. The molecule has 4 heteroatoms. The van der Waals surface area contributed by atoms with Gasteiger partial charge in [0.1, 0.15) is 0 Å². The summed E-state index contributed by atoms with van der Waals surface area (Å²) in [6.45, 7) is 4.55. The van der Waals surface area contributed by atoms with Gasteiger partial charge in [0.15, 0.2) is 17.5 Å². The smallest absolute Gasteiger partial charge is 0.164 e. The van der Waals surface area contributed by atoms with E-state index in [1.807, 2.05) is 0 Å². The largest absolute Gasteiger partial charge is 0.309 e. The summed E-state index contributed by atoms with van der Waals surface area (Å²) in [7, 11) is 0. The number of fused-ring (bicyclic) bond motifs is 8. The lowest BCUT2D eigenvalue weighted by Gasteiger charge is -2.34. The van der Waals surface area contributed by atoms with Gasteiger partial charge in [-0.1, -0.05) is 244 Å². The Labute approximate surface area is 466 Å². The molecule has 0 unspecified atom stereocenters. The number of hydrogen-bond donors (Lipinski definition) is 0. The van der Waals surface area contributed by atoms with Crippen LogP contribution in [-0.4, -0.2) is 19.5 Å². The summed E-state index contributed by atoms with van der Waals surface area (Å²) in [5, 5.41) is 7.13. The quantitative estimate of drug-likeness (QED) is 0.137. The van der Waals surface area contributed by atoms with Crippen molar-refractivity contribution in [2.75, 3.05) is 0 Å². The lowest BCUT2D eigenvalue weighted by molar-refractivity contribution is 0.647. The SMILES string of the molecule is CC(C)Cc1ccc(-c2ccc3c(c2)c2ccccc2n3-c2ccc(-c3ccc(C4(c5ccc(-c6nc(-c7ccc8ccccc8c7)nc(-c7ccc8ccccc8c7)n6)cc5)c5ccccc5-c5ccccc54)cc3)cc2)cc1. The molecule has 0 N–H and O–H groups in total. The highest BCUT2D eigenvalue weighted by Crippen LogP contribution is 2.56. The molecule has 80 heavy (non-hydrogen) atoms. The van der Waals surface area contributed by atoms with Crippen LogP contribution in [0.5, 0.6) is 0 Å². The van der Waals surface area contributed by atoms with E-state index in [1.165, 1.54) is 88.2 Å². The van der Waals surface area contributed by atoms with Crippen molar-refractivity contribution in [2.45, 2.75) is 25.7 Å². The maximum atomic E-state index is 5.23. The molecule has 14 aromatic rings. The molecule has 0 aliphatic heterocycles. The zero-order chi connectivity index (χ0) is 53.3. The van der Waals surface area contributed by atoms with Crippen LogP contribution in [0.4, 0.5) is 0 Å². The van der Waals surface area contributed by atoms with Crippen molar-refractivity contribution < 1.29 is 0 Å². The molecule has 0 radical (unpaired) electrons. The van der Waals surface area contributed by atoms with Crippen molar-refractivity contribution in [3.05, 3.63) is 301 Å². The third-order valence-corrected chi connectivity index (χ3v) is 16.6. The van der Waals surface area contributed by atoms with Crippen molar-refractivity contribution in [2.24, 2.45) is 5.92 Å². The Morgan fingerprint density at radius 1 is 0.338 bits per heavy atom. The maximum absolute atomic E-state index is 5.23. The molecule has 2 heterocycles. The first-order chi connectivity index (χ1) is 39.4. The lowest BCUT2D eigenvalue weighted by atomic mass is 9.67. The fraction of sp³-hybridized carbons (Fsp3) is 0.0658. The normalized spacial score (nSPS) is 12.6. The van der Waals surface area contributed by atoms with Gasteiger partial charge in [0, 0.05) is 33.2 Å². The van der Waals surface area contributed by atoms with Crippen LogP contribution in [-0.2, 0) is 11.8 Å². The Morgan fingerprint density at radius 2 is 0.762 bits per heavy atom. The van der Waals surface area contributed by atoms with Crippen LogP contribution in [0.15, 0.2) is 273 Å². The van der Waals surface area contributed by atoms with E-state index in [-0.39, 0.29) is 0 Å². The molecule has 2 aromatic heterocycles. The number of aromatic nitrogens is 4. The number of hydrogen-bond acceptors (Lipinski definition) is 3. The van der Waals surface area contributed by atoms with Crippen molar-refractivity contribution in [3.8, 4) is 73.2 Å². The van der Waals surface area contributed by atoms with Crippen LogP contribution in [0.1, 0.15) is 41.7 Å². The van der Waals surface area contributed by atoms with Gasteiger partial charge in [-0.25, -0.2) is 15.0 Å². The standard InChI is InChI=1S/C76H54N4/c1-49(2)45-50-23-25-55(26-24-50)59-37-44-72-68(48-59)67-19-9-12-22-71(67)80(72)64-42-35-54(36-43-64)53-31-38-62(39-32-53)76(69-20-10-7-17-65(69)66-18-8-11-21-70(66)76)63-40-33-56(34-41-63)73-77-74(60-29-27-51-13-3-5-15-57(51)46-60)79-75(78-73)61-30-28-52-14-4-6-16-58(52)47-61/h3-44,46-49H,45H2,1-2H3. The Morgan fingerprint density at radius 3 is 1.34 bits per heavy atom. The van der Waals surface area contributed by atoms with Crippen molar-refractivity contribution in [3.63, 3.8) is 0 Å². The average Bonchev–Trinajstić information content (AvgIpc) is 4.17. The number of benzene rings is 12. The predicted molar refractivity (Wildman–Crippen MR) is 332 cm³/mol. The van der Waals surface area contributed by atoms with E-state index in [0.717, 1.165) is 45.1 Å². The van der Waals surface area contributed by atoms with E-state index < -0.39 is 5.41 Å². The van der Waals surface area contributed by atoms with Gasteiger partial charge in [-0.2, -0.15) is 0 Å². The van der Waals surface area contributed by atoms with Crippen LogP contribution in [0.3, 0.4) is 0 Å². The molecule has 15 rings (SSSR count). The van der Waals surface area contributed by atoms with E-state index >= 15 is 0 Å². The van der Waals surface area contributed by atoms with E-state index in [4.69, 9.17) is 15.0 Å². The number of para-hydroxylation sites is 1. The summed E-state index contributed by atoms with van der Waals surface area (Å²) in [6, 6.07) is 99.7. The van der Waals surface area contributed by atoms with Crippen LogP contribution >= 0.6 is 0 Å². The van der Waals surface area contributed by atoms with Gasteiger partial charge in [-0.15, -0.1) is 0 Å². The predicted octanol–water partition coefficient (Wildman–Crippen LogP) is 19.2. The third kappa shape index (κ3) is 7.94. The second-order valence-electron chi connectivity index (χ2n) is 21.9. The third-order valence-electron chi connectivity index (χ3n) is 16.6. The molecule has 0 bridgehead atoms. The Balaban J connectivity index is 0.797. The first-order valence-corrected chi connectivity index (χ1v) is 27.8. The van der Waals surface area contributed by atoms with Gasteiger partial charge >= 0.3 is 0 Å². The summed E-state index contributed by atoms with van der Waals surface area (Å²) < 4.78 is 2.41. The molecule has 4 nitrogen and oxygen atoms in total. The molecule has 12 aromatic carbocycles. The van der Waals surface area contributed by atoms with E-state index in [0.29, 0.717) is 23.4 Å². The van der Waals surface area contributed by atoms with E-state index in [9.17, 15) is 0 Å². The highest BCUT2D eigenvalue weighted by atomic mass is 15.0. The summed E-state index contributed by atoms with van der Waals surface area (Å²) >= 11 is 0. The maximum Gasteiger partial charge on any atom is 0.164 e. The minimum Gasteiger partial charge on any atom is -0.309 e. The van der Waals surface area contributed by atoms with Gasteiger partial charge in [0.05, 0.1) is 16.4 Å².